The predicted molar refractivity (Wildman–Crippen MR) is 146 cm³/mol. The summed E-state index contributed by atoms with van der Waals surface area (Å²) >= 11 is 0. The largest absolute Gasteiger partial charge is 0.399 e. The van der Waals surface area contributed by atoms with Crippen molar-refractivity contribution < 1.29 is 24.6 Å². The lowest BCUT2D eigenvalue weighted by Gasteiger charge is -2.27. The topological polar surface area (TPSA) is 136 Å². The van der Waals surface area contributed by atoms with Crippen LogP contribution in [0.4, 0.5) is 17.1 Å². The van der Waals surface area contributed by atoms with Gasteiger partial charge in [-0.1, -0.05) is 25.2 Å². The number of nitrogen functional groups attached to an aromatic ring is 1. The molecule has 0 aromatic heterocycles. The van der Waals surface area contributed by atoms with Crippen LogP contribution in [0.3, 0.4) is 0 Å². The normalized spacial score (nSPS) is 21.6. The van der Waals surface area contributed by atoms with Crippen LogP contribution in [0.1, 0.15) is 42.1 Å². The highest BCUT2D eigenvalue weighted by Gasteiger charge is 2.52. The Labute approximate surface area is 222 Å². The number of fused-ring (bicyclic) bond motifs is 1. The zero-order valence-electron chi connectivity index (χ0n) is 21.5. The Morgan fingerprint density at radius 3 is 2.68 bits per heavy atom. The Kier molecular flexibility index (Phi) is 7.99. The quantitative estimate of drug-likeness (QED) is 0.298. The zero-order chi connectivity index (χ0) is 27.4. The monoisotopic (exact) mass is 518 g/mol. The van der Waals surface area contributed by atoms with Crippen molar-refractivity contribution in [1.29, 1.82) is 0 Å². The maximum atomic E-state index is 13.5. The van der Waals surface area contributed by atoms with Gasteiger partial charge in [0.25, 0.3) is 11.8 Å². The molecule has 2 aliphatic rings. The van der Waals surface area contributed by atoms with Gasteiger partial charge in [0.2, 0.25) is 5.91 Å². The Morgan fingerprint density at radius 2 is 2.00 bits per heavy atom. The van der Waals surface area contributed by atoms with Gasteiger partial charge in [-0.25, -0.2) is 0 Å². The predicted octanol–water partition coefficient (Wildman–Crippen LogP) is 2.81. The highest BCUT2D eigenvalue weighted by molar-refractivity contribution is 6.09. The number of nitrogens with one attached hydrogen (secondary N) is 1. The minimum Gasteiger partial charge on any atom is -0.399 e. The van der Waals surface area contributed by atoms with Gasteiger partial charge in [-0.05, 0) is 55.3 Å². The minimum absolute atomic E-state index is 0.0623. The molecule has 2 aromatic carbocycles. The molecule has 0 aliphatic carbocycles. The average molecular weight is 519 g/mol. The number of carbonyl (C=O) groups is 3. The van der Waals surface area contributed by atoms with Crippen LogP contribution in [-0.4, -0.2) is 58.6 Å². The van der Waals surface area contributed by atoms with E-state index in [4.69, 9.17) is 5.73 Å². The lowest BCUT2D eigenvalue weighted by molar-refractivity contribution is -0.139. The zero-order valence-corrected chi connectivity index (χ0v) is 21.5. The van der Waals surface area contributed by atoms with Crippen LogP contribution in [0, 0.1) is 5.92 Å². The van der Waals surface area contributed by atoms with Crippen molar-refractivity contribution in [1.82, 2.24) is 4.90 Å². The van der Waals surface area contributed by atoms with Crippen LogP contribution in [0.2, 0.25) is 0 Å². The number of rotatable bonds is 9. The van der Waals surface area contributed by atoms with Gasteiger partial charge < -0.3 is 31.1 Å². The number of aliphatic hydroxyl groups excluding tert-OH is 1. The number of nitrogens with zero attached hydrogens (tertiary/aromatic N) is 2. The van der Waals surface area contributed by atoms with E-state index >= 15 is 0 Å². The number of amides is 3. The number of anilines is 3. The molecule has 9 nitrogen and oxygen atoms in total. The lowest BCUT2D eigenvalue weighted by atomic mass is 9.82. The highest BCUT2D eigenvalue weighted by atomic mass is 16.3. The Balaban J connectivity index is 1.57. The number of likely N-dealkylation sites (tertiary alicyclic amines) is 1. The van der Waals surface area contributed by atoms with E-state index in [2.05, 4.69) is 11.9 Å². The van der Waals surface area contributed by atoms with Crippen molar-refractivity contribution in [2.24, 2.45) is 5.92 Å². The van der Waals surface area contributed by atoms with Gasteiger partial charge in [0.15, 0.2) is 5.60 Å². The molecular weight excluding hydrogens is 484 g/mol. The molecule has 1 fully saturated rings. The van der Waals surface area contributed by atoms with Gasteiger partial charge in [-0.2, -0.15) is 0 Å². The van der Waals surface area contributed by atoms with E-state index in [0.29, 0.717) is 34.7 Å². The maximum absolute atomic E-state index is 13.5. The Morgan fingerprint density at radius 1 is 1.26 bits per heavy atom. The van der Waals surface area contributed by atoms with Crippen molar-refractivity contribution >= 4 is 34.8 Å². The van der Waals surface area contributed by atoms with E-state index in [-0.39, 0.29) is 37.4 Å². The summed E-state index contributed by atoms with van der Waals surface area (Å²) in [6.07, 6.45) is 6.65. The molecule has 0 radical (unpaired) electrons. The molecule has 0 spiro atoms. The van der Waals surface area contributed by atoms with Crippen molar-refractivity contribution in [2.75, 3.05) is 35.6 Å². The average Bonchev–Trinajstić information content (AvgIpc) is 3.47. The highest BCUT2D eigenvalue weighted by Crippen LogP contribution is 2.46. The van der Waals surface area contributed by atoms with Gasteiger partial charge in [0, 0.05) is 47.9 Å². The molecule has 9 heteroatoms. The summed E-state index contributed by atoms with van der Waals surface area (Å²) in [5.74, 6) is -1.63. The first-order valence-corrected chi connectivity index (χ1v) is 12.7. The SMILES string of the molecule is C=CCN1C(=O)[C@@](O)([C@@H](C)/C=C/CC(=O)N2CCC[C@H]2CO)c2cc(NC(=O)c3ccc(N)cc3)ccc21. The van der Waals surface area contributed by atoms with E-state index in [1.54, 1.807) is 72.5 Å². The van der Waals surface area contributed by atoms with E-state index in [1.807, 2.05) is 0 Å². The number of nitrogens with two attached hydrogens (primary N) is 1. The van der Waals surface area contributed by atoms with Crippen LogP contribution in [0.5, 0.6) is 0 Å². The molecule has 2 aliphatic heterocycles. The number of aliphatic hydroxyl groups is 2. The standard InChI is InChI=1S/C29H34N4O5/c1-3-15-33-25-14-13-22(31-27(36)20-9-11-21(30)12-10-20)17-24(25)29(38,28(33)37)19(2)6-4-8-26(35)32-16-5-7-23(32)18-34/h3-4,6,9-14,17,19,23,34,38H,1,5,7-8,15-16,18,30H2,2H3,(H,31,36)/b6-4+/t19-,23-,29+/m0/s1. The molecule has 0 saturated carbocycles. The third-order valence-corrected chi connectivity index (χ3v) is 7.30. The van der Waals surface area contributed by atoms with Crippen LogP contribution in [-0.2, 0) is 15.2 Å². The third kappa shape index (κ3) is 5.07. The first-order valence-electron chi connectivity index (χ1n) is 12.7. The van der Waals surface area contributed by atoms with Gasteiger partial charge in [-0.3, -0.25) is 14.4 Å². The molecule has 2 heterocycles. The van der Waals surface area contributed by atoms with Gasteiger partial charge in [0.1, 0.15) is 0 Å². The molecule has 0 bridgehead atoms. The molecule has 38 heavy (non-hydrogen) atoms. The fourth-order valence-electron chi connectivity index (χ4n) is 5.16. The third-order valence-electron chi connectivity index (χ3n) is 7.30. The second-order valence-electron chi connectivity index (χ2n) is 9.77. The first kappa shape index (κ1) is 27.1. The van der Waals surface area contributed by atoms with E-state index in [0.717, 1.165) is 12.8 Å². The first-order chi connectivity index (χ1) is 18.2. The minimum atomic E-state index is -1.90. The summed E-state index contributed by atoms with van der Waals surface area (Å²) in [6.45, 7) is 6.20. The number of hydrogen-bond acceptors (Lipinski definition) is 6. The van der Waals surface area contributed by atoms with E-state index < -0.39 is 17.4 Å². The Bertz CT molecular complexity index is 1260. The molecular formula is C29H34N4O5. The van der Waals surface area contributed by atoms with Crippen LogP contribution in [0.15, 0.2) is 67.3 Å². The van der Waals surface area contributed by atoms with Crippen molar-refractivity contribution in [3.63, 3.8) is 0 Å². The van der Waals surface area contributed by atoms with Gasteiger partial charge >= 0.3 is 0 Å². The van der Waals surface area contributed by atoms with Crippen LogP contribution in [0.25, 0.3) is 0 Å². The van der Waals surface area contributed by atoms with Gasteiger partial charge in [0.05, 0.1) is 18.3 Å². The summed E-state index contributed by atoms with van der Waals surface area (Å²) in [4.78, 5) is 42.0. The second kappa shape index (κ2) is 11.2. The van der Waals surface area contributed by atoms with E-state index in [1.165, 1.54) is 4.90 Å². The molecule has 0 unspecified atom stereocenters. The molecule has 200 valence electrons. The van der Waals surface area contributed by atoms with Crippen molar-refractivity contribution in [3.8, 4) is 0 Å². The fraction of sp³-hybridized carbons (Fsp3) is 0.345. The second-order valence-corrected chi connectivity index (χ2v) is 9.77. The summed E-state index contributed by atoms with van der Waals surface area (Å²) in [6, 6.07) is 11.3. The van der Waals surface area contributed by atoms with Gasteiger partial charge in [-0.15, -0.1) is 6.58 Å². The molecule has 3 amide bonds. The Hall–Kier alpha value is -3.95. The van der Waals surface area contributed by atoms with Crippen LogP contribution >= 0.6 is 0 Å². The number of carbonyl (C=O) groups excluding carboxylic acids is 3. The van der Waals surface area contributed by atoms with Crippen LogP contribution < -0.4 is 16.0 Å². The summed E-state index contributed by atoms with van der Waals surface area (Å²) < 4.78 is 0. The summed E-state index contributed by atoms with van der Waals surface area (Å²) in [5.41, 5.74) is 6.08. The summed E-state index contributed by atoms with van der Waals surface area (Å²) in [7, 11) is 0. The van der Waals surface area contributed by atoms with Crippen molar-refractivity contribution in [3.05, 3.63) is 78.4 Å². The van der Waals surface area contributed by atoms with Crippen molar-refractivity contribution in [2.45, 2.75) is 37.8 Å². The number of hydrogen-bond donors (Lipinski definition) is 4. The fourth-order valence-corrected chi connectivity index (χ4v) is 5.16. The summed E-state index contributed by atoms with van der Waals surface area (Å²) in [5, 5.41) is 24.1. The molecule has 2 aromatic rings. The molecule has 3 atom stereocenters. The smallest absolute Gasteiger partial charge is 0.264 e. The van der Waals surface area contributed by atoms with E-state index in [9.17, 15) is 24.6 Å². The molecule has 5 N–H and O–H groups in total. The molecule has 1 saturated heterocycles. The molecule has 4 rings (SSSR count). The maximum Gasteiger partial charge on any atom is 0.264 e. The lowest BCUT2D eigenvalue weighted by Crippen LogP contribution is -2.44. The number of benzene rings is 2.